The minimum absolute atomic E-state index is 0.336. The molecule has 2 aliphatic rings. The molecule has 116 valence electrons. The van der Waals surface area contributed by atoms with Crippen molar-refractivity contribution in [2.75, 3.05) is 6.54 Å². The van der Waals surface area contributed by atoms with Gasteiger partial charge >= 0.3 is 0 Å². The van der Waals surface area contributed by atoms with E-state index in [-0.39, 0.29) is 0 Å². The van der Waals surface area contributed by atoms with Crippen molar-refractivity contribution in [3.63, 3.8) is 0 Å². The van der Waals surface area contributed by atoms with E-state index in [9.17, 15) is 0 Å². The molecule has 2 N–H and O–H groups in total. The third-order valence-electron chi connectivity index (χ3n) is 5.40. The smallest absolute Gasteiger partial charge is 0.0111 e. The molecular formula is C20H31N. The van der Waals surface area contributed by atoms with Crippen molar-refractivity contribution in [1.29, 1.82) is 0 Å². The van der Waals surface area contributed by atoms with Crippen LogP contribution in [0.1, 0.15) is 45.4 Å². The second-order valence-electron chi connectivity index (χ2n) is 6.90. The van der Waals surface area contributed by atoms with Gasteiger partial charge in [-0.05, 0) is 49.1 Å². The highest BCUT2D eigenvalue weighted by Gasteiger charge is 2.36. The number of rotatable bonds is 5. The van der Waals surface area contributed by atoms with Crippen LogP contribution in [0.15, 0.2) is 48.6 Å². The molecule has 1 heteroatoms. The quantitative estimate of drug-likeness (QED) is 0.705. The standard InChI is InChI=1S/C20H31N/c1-14-10-11-15(2)20(19(14)16(3)12-13-21)17(4)18-8-6-5-7-9-18/h10-11,15,18-20H,1,3-9,12-13,21H2,2H3. The van der Waals surface area contributed by atoms with Crippen LogP contribution in [-0.2, 0) is 0 Å². The first kappa shape index (κ1) is 16.3. The molecule has 3 atom stereocenters. The normalized spacial score (nSPS) is 30.4. The second-order valence-corrected chi connectivity index (χ2v) is 6.90. The van der Waals surface area contributed by atoms with Crippen molar-refractivity contribution in [3.05, 3.63) is 48.6 Å². The summed E-state index contributed by atoms with van der Waals surface area (Å²) in [4.78, 5) is 0. The molecule has 0 saturated heterocycles. The molecule has 2 aliphatic carbocycles. The van der Waals surface area contributed by atoms with Crippen molar-refractivity contribution in [1.82, 2.24) is 0 Å². The predicted molar refractivity (Wildman–Crippen MR) is 93.0 cm³/mol. The summed E-state index contributed by atoms with van der Waals surface area (Å²) in [6.45, 7) is 16.1. The Labute approximate surface area is 130 Å². The minimum Gasteiger partial charge on any atom is -0.330 e. The average molecular weight is 285 g/mol. The highest BCUT2D eigenvalue weighted by Crippen LogP contribution is 2.46. The molecule has 0 radical (unpaired) electrons. The van der Waals surface area contributed by atoms with Crippen LogP contribution in [0.3, 0.4) is 0 Å². The zero-order valence-corrected chi connectivity index (χ0v) is 13.6. The molecule has 0 spiro atoms. The lowest BCUT2D eigenvalue weighted by Gasteiger charge is -2.40. The highest BCUT2D eigenvalue weighted by molar-refractivity contribution is 5.36. The maximum atomic E-state index is 5.75. The van der Waals surface area contributed by atoms with Crippen molar-refractivity contribution in [2.24, 2.45) is 29.4 Å². The lowest BCUT2D eigenvalue weighted by atomic mass is 9.64. The molecule has 1 nitrogen and oxygen atoms in total. The van der Waals surface area contributed by atoms with Crippen LogP contribution in [0.2, 0.25) is 0 Å². The summed E-state index contributed by atoms with van der Waals surface area (Å²) in [5.41, 5.74) is 9.62. The summed E-state index contributed by atoms with van der Waals surface area (Å²) in [7, 11) is 0. The molecule has 0 bridgehead atoms. The molecule has 1 saturated carbocycles. The van der Waals surface area contributed by atoms with Crippen molar-refractivity contribution in [3.8, 4) is 0 Å². The Morgan fingerprint density at radius 1 is 1.24 bits per heavy atom. The molecule has 3 unspecified atom stereocenters. The SMILES string of the molecule is C=C1C=CC(C)C(C(=C)C2CCCCC2)C1C(=C)CCN. The van der Waals surface area contributed by atoms with E-state index in [1.165, 1.54) is 48.8 Å². The summed E-state index contributed by atoms with van der Waals surface area (Å²) in [6.07, 6.45) is 12.1. The minimum atomic E-state index is 0.336. The summed E-state index contributed by atoms with van der Waals surface area (Å²) < 4.78 is 0. The maximum absolute atomic E-state index is 5.75. The highest BCUT2D eigenvalue weighted by atomic mass is 14.5. The van der Waals surface area contributed by atoms with Gasteiger partial charge in [-0.15, -0.1) is 0 Å². The van der Waals surface area contributed by atoms with Crippen molar-refractivity contribution < 1.29 is 0 Å². The van der Waals surface area contributed by atoms with Crippen LogP contribution in [0.5, 0.6) is 0 Å². The Bertz CT molecular complexity index is 437. The van der Waals surface area contributed by atoms with Gasteiger partial charge in [0, 0.05) is 5.92 Å². The van der Waals surface area contributed by atoms with Gasteiger partial charge in [0.05, 0.1) is 0 Å². The molecule has 1 fully saturated rings. The monoisotopic (exact) mass is 285 g/mol. The van der Waals surface area contributed by atoms with Gasteiger partial charge in [0.15, 0.2) is 0 Å². The van der Waals surface area contributed by atoms with Crippen LogP contribution >= 0.6 is 0 Å². The molecule has 0 heterocycles. The molecule has 2 rings (SSSR count). The van der Waals surface area contributed by atoms with Crippen molar-refractivity contribution >= 4 is 0 Å². The lowest BCUT2D eigenvalue weighted by molar-refractivity contribution is 0.309. The maximum Gasteiger partial charge on any atom is 0.0111 e. The van der Waals surface area contributed by atoms with E-state index < -0.39 is 0 Å². The molecule has 0 amide bonds. The van der Waals surface area contributed by atoms with Crippen LogP contribution in [0.4, 0.5) is 0 Å². The van der Waals surface area contributed by atoms with Gasteiger partial charge in [0.1, 0.15) is 0 Å². The fourth-order valence-electron chi connectivity index (χ4n) is 4.19. The first-order chi connectivity index (χ1) is 10.1. The van der Waals surface area contributed by atoms with E-state index in [2.05, 4.69) is 38.8 Å². The Kier molecular flexibility index (Phi) is 5.64. The third kappa shape index (κ3) is 3.58. The Morgan fingerprint density at radius 3 is 2.52 bits per heavy atom. The summed E-state index contributed by atoms with van der Waals surface area (Å²) >= 11 is 0. The van der Waals surface area contributed by atoms with Crippen LogP contribution in [0.25, 0.3) is 0 Å². The van der Waals surface area contributed by atoms with E-state index >= 15 is 0 Å². The summed E-state index contributed by atoms with van der Waals surface area (Å²) in [6, 6.07) is 0. The Morgan fingerprint density at radius 2 is 1.90 bits per heavy atom. The fourth-order valence-corrected chi connectivity index (χ4v) is 4.19. The molecule has 0 aromatic carbocycles. The Balaban J connectivity index is 2.22. The molecular weight excluding hydrogens is 254 g/mol. The lowest BCUT2D eigenvalue weighted by Crippen LogP contribution is -2.31. The van der Waals surface area contributed by atoms with Crippen LogP contribution in [-0.4, -0.2) is 6.54 Å². The summed E-state index contributed by atoms with van der Waals surface area (Å²) in [5.74, 6) is 2.01. The van der Waals surface area contributed by atoms with Gasteiger partial charge in [0.2, 0.25) is 0 Å². The van der Waals surface area contributed by atoms with Gasteiger partial charge in [-0.2, -0.15) is 0 Å². The number of hydrogen-bond donors (Lipinski definition) is 1. The molecule has 0 aromatic rings. The van der Waals surface area contributed by atoms with Gasteiger partial charge < -0.3 is 5.73 Å². The van der Waals surface area contributed by atoms with Crippen molar-refractivity contribution in [2.45, 2.75) is 45.4 Å². The zero-order chi connectivity index (χ0) is 15.4. The fraction of sp³-hybridized carbons (Fsp3) is 0.600. The first-order valence-electron chi connectivity index (χ1n) is 8.49. The van der Waals surface area contributed by atoms with E-state index in [1.807, 2.05) is 0 Å². The molecule has 0 aromatic heterocycles. The second kappa shape index (κ2) is 7.26. The topological polar surface area (TPSA) is 26.0 Å². The van der Waals surface area contributed by atoms with E-state index in [4.69, 9.17) is 5.73 Å². The molecule has 21 heavy (non-hydrogen) atoms. The van der Waals surface area contributed by atoms with Crippen LogP contribution in [0, 0.1) is 23.7 Å². The average Bonchev–Trinajstić information content (AvgIpc) is 2.49. The Hall–Kier alpha value is -1.08. The predicted octanol–water partition coefficient (Wildman–Crippen LogP) is 5.02. The number of allylic oxidation sites excluding steroid dienone is 4. The van der Waals surface area contributed by atoms with Crippen LogP contribution < -0.4 is 5.73 Å². The van der Waals surface area contributed by atoms with E-state index in [0.717, 1.165) is 6.42 Å². The van der Waals surface area contributed by atoms with Gasteiger partial charge in [-0.25, -0.2) is 0 Å². The van der Waals surface area contributed by atoms with E-state index in [1.54, 1.807) is 0 Å². The van der Waals surface area contributed by atoms with Gasteiger partial charge in [-0.1, -0.05) is 69.2 Å². The van der Waals surface area contributed by atoms with Gasteiger partial charge in [-0.3, -0.25) is 0 Å². The first-order valence-corrected chi connectivity index (χ1v) is 8.49. The molecule has 0 aliphatic heterocycles. The van der Waals surface area contributed by atoms with E-state index in [0.29, 0.717) is 30.2 Å². The largest absolute Gasteiger partial charge is 0.330 e. The van der Waals surface area contributed by atoms with Gasteiger partial charge in [0.25, 0.3) is 0 Å². The summed E-state index contributed by atoms with van der Waals surface area (Å²) in [5, 5.41) is 0. The third-order valence-corrected chi connectivity index (χ3v) is 5.40. The number of hydrogen-bond acceptors (Lipinski definition) is 1. The zero-order valence-electron chi connectivity index (χ0n) is 13.6. The number of nitrogens with two attached hydrogens (primary N) is 1.